The van der Waals surface area contributed by atoms with Crippen molar-refractivity contribution in [3.63, 3.8) is 0 Å². The Labute approximate surface area is 179 Å². The van der Waals surface area contributed by atoms with Gasteiger partial charge in [-0.05, 0) is 36.4 Å². The van der Waals surface area contributed by atoms with Gasteiger partial charge in [-0.3, -0.25) is 0 Å². The Morgan fingerprint density at radius 3 is 2.10 bits per heavy atom. The number of aromatic nitrogens is 2. The van der Waals surface area contributed by atoms with Gasteiger partial charge >= 0.3 is 0 Å². The van der Waals surface area contributed by atoms with Crippen molar-refractivity contribution in [2.75, 3.05) is 4.72 Å². The summed E-state index contributed by atoms with van der Waals surface area (Å²) >= 11 is 5.97. The van der Waals surface area contributed by atoms with Crippen molar-refractivity contribution in [2.45, 2.75) is 4.90 Å². The number of benzene rings is 3. The Bertz CT molecular complexity index is 1250. The van der Waals surface area contributed by atoms with Gasteiger partial charge in [0, 0.05) is 16.7 Å². The molecule has 0 saturated carbocycles. The van der Waals surface area contributed by atoms with Crippen molar-refractivity contribution in [3.8, 4) is 22.9 Å². The van der Waals surface area contributed by atoms with Crippen LogP contribution in [0.1, 0.15) is 0 Å². The van der Waals surface area contributed by atoms with Crippen LogP contribution in [0, 0.1) is 0 Å². The van der Waals surface area contributed by atoms with Crippen LogP contribution in [-0.4, -0.2) is 18.4 Å². The van der Waals surface area contributed by atoms with E-state index in [4.69, 9.17) is 16.3 Å². The molecule has 30 heavy (non-hydrogen) atoms. The van der Waals surface area contributed by atoms with Gasteiger partial charge in [-0.2, -0.15) is 4.98 Å². The molecule has 1 heterocycles. The highest BCUT2D eigenvalue weighted by molar-refractivity contribution is 7.92. The molecule has 0 spiro atoms. The zero-order valence-corrected chi connectivity index (χ0v) is 17.1. The number of nitrogens with one attached hydrogen (secondary N) is 1. The van der Waals surface area contributed by atoms with Crippen molar-refractivity contribution < 1.29 is 13.2 Å². The first-order valence-corrected chi connectivity index (χ1v) is 10.8. The Balaban J connectivity index is 1.74. The van der Waals surface area contributed by atoms with Crippen LogP contribution < -0.4 is 9.46 Å². The number of nitrogens with zero attached hydrogens (tertiary/aromatic N) is 2. The zero-order chi connectivity index (χ0) is 21.0. The molecule has 150 valence electrons. The van der Waals surface area contributed by atoms with E-state index in [2.05, 4.69) is 14.7 Å². The largest absolute Gasteiger partial charge is 0.439 e. The maximum Gasteiger partial charge on any atom is 0.264 e. The Kier molecular flexibility index (Phi) is 5.65. The molecule has 4 aromatic rings. The van der Waals surface area contributed by atoms with Crippen molar-refractivity contribution >= 4 is 27.6 Å². The van der Waals surface area contributed by atoms with Crippen LogP contribution in [0.25, 0.3) is 11.3 Å². The summed E-state index contributed by atoms with van der Waals surface area (Å²) in [5.41, 5.74) is 1.22. The van der Waals surface area contributed by atoms with Crippen LogP contribution in [0.2, 0.25) is 5.02 Å². The number of para-hydroxylation sites is 1. The van der Waals surface area contributed by atoms with Crippen molar-refractivity contribution in [3.05, 3.63) is 96.0 Å². The summed E-state index contributed by atoms with van der Waals surface area (Å²) in [5, 5.41) is 0.582. The van der Waals surface area contributed by atoms with Crippen LogP contribution in [0.15, 0.2) is 95.9 Å². The summed E-state index contributed by atoms with van der Waals surface area (Å²) in [7, 11) is -3.86. The molecule has 0 aliphatic heterocycles. The lowest BCUT2D eigenvalue weighted by Crippen LogP contribution is -2.15. The highest BCUT2D eigenvalue weighted by Gasteiger charge is 2.17. The summed E-state index contributed by atoms with van der Waals surface area (Å²) in [6.45, 7) is 0. The Hall–Kier alpha value is -3.42. The van der Waals surface area contributed by atoms with E-state index < -0.39 is 10.0 Å². The van der Waals surface area contributed by atoms with Gasteiger partial charge in [0.1, 0.15) is 5.75 Å². The average Bonchev–Trinajstić information content (AvgIpc) is 2.75. The summed E-state index contributed by atoms with van der Waals surface area (Å²) in [6.07, 6.45) is 0. The normalized spacial score (nSPS) is 11.1. The standard InChI is InChI=1S/C22H16ClN3O3S/c23-17-13-11-16(12-14-17)20-15-21(29-18-7-3-1-4-8-18)25-22(24-20)26-30(27,28)19-9-5-2-6-10-19/h1-15H,(H,24,25,26). The molecule has 0 aliphatic rings. The fourth-order valence-electron chi connectivity index (χ4n) is 2.68. The van der Waals surface area contributed by atoms with E-state index in [0.29, 0.717) is 16.5 Å². The van der Waals surface area contributed by atoms with E-state index in [9.17, 15) is 8.42 Å². The van der Waals surface area contributed by atoms with Gasteiger partial charge in [-0.25, -0.2) is 18.1 Å². The molecular formula is C22H16ClN3O3S. The van der Waals surface area contributed by atoms with Gasteiger partial charge in [0.15, 0.2) is 0 Å². The summed E-state index contributed by atoms with van der Waals surface area (Å²) in [4.78, 5) is 8.70. The summed E-state index contributed by atoms with van der Waals surface area (Å²) < 4.78 is 33.7. The fourth-order valence-corrected chi connectivity index (χ4v) is 3.77. The van der Waals surface area contributed by atoms with E-state index in [0.717, 1.165) is 5.56 Å². The van der Waals surface area contributed by atoms with Gasteiger partial charge in [-0.1, -0.05) is 60.1 Å². The van der Waals surface area contributed by atoms with Gasteiger partial charge in [0.05, 0.1) is 10.6 Å². The second kappa shape index (κ2) is 8.52. The molecule has 0 radical (unpaired) electrons. The van der Waals surface area contributed by atoms with Crippen LogP contribution in [0.5, 0.6) is 11.6 Å². The molecule has 0 aliphatic carbocycles. The van der Waals surface area contributed by atoms with Gasteiger partial charge in [-0.15, -0.1) is 0 Å². The third-order valence-corrected chi connectivity index (χ3v) is 5.68. The molecule has 1 aromatic heterocycles. The number of sulfonamides is 1. The number of hydrogen-bond acceptors (Lipinski definition) is 5. The van der Waals surface area contributed by atoms with Crippen LogP contribution in [0.4, 0.5) is 5.95 Å². The van der Waals surface area contributed by atoms with Crippen molar-refractivity contribution in [1.82, 2.24) is 9.97 Å². The van der Waals surface area contributed by atoms with E-state index in [1.807, 2.05) is 18.2 Å². The van der Waals surface area contributed by atoms with Crippen molar-refractivity contribution in [1.29, 1.82) is 0 Å². The van der Waals surface area contributed by atoms with Crippen LogP contribution >= 0.6 is 11.6 Å². The van der Waals surface area contributed by atoms with E-state index in [1.165, 1.54) is 12.1 Å². The monoisotopic (exact) mass is 437 g/mol. The zero-order valence-electron chi connectivity index (χ0n) is 15.6. The molecule has 0 atom stereocenters. The molecule has 0 unspecified atom stereocenters. The third kappa shape index (κ3) is 4.76. The number of anilines is 1. The number of rotatable bonds is 6. The minimum absolute atomic E-state index is 0.0998. The summed E-state index contributed by atoms with van der Waals surface area (Å²) in [5.74, 6) is 0.666. The minimum atomic E-state index is -3.86. The molecule has 0 amide bonds. The minimum Gasteiger partial charge on any atom is -0.439 e. The lowest BCUT2D eigenvalue weighted by atomic mass is 10.1. The van der Waals surface area contributed by atoms with E-state index in [-0.39, 0.29) is 16.7 Å². The van der Waals surface area contributed by atoms with E-state index in [1.54, 1.807) is 60.7 Å². The Morgan fingerprint density at radius 2 is 1.43 bits per heavy atom. The molecule has 0 bridgehead atoms. The lowest BCUT2D eigenvalue weighted by Gasteiger charge is -2.11. The second-order valence-corrected chi connectivity index (χ2v) is 8.37. The highest BCUT2D eigenvalue weighted by atomic mass is 35.5. The molecule has 4 rings (SSSR count). The topological polar surface area (TPSA) is 81.2 Å². The first kappa shape index (κ1) is 19.9. The molecule has 1 N–H and O–H groups in total. The van der Waals surface area contributed by atoms with Gasteiger partial charge in [0.25, 0.3) is 10.0 Å². The number of ether oxygens (including phenoxy) is 1. The smallest absolute Gasteiger partial charge is 0.264 e. The quantitative estimate of drug-likeness (QED) is 0.437. The number of hydrogen-bond donors (Lipinski definition) is 1. The van der Waals surface area contributed by atoms with Crippen LogP contribution in [0.3, 0.4) is 0 Å². The Morgan fingerprint density at radius 1 is 0.800 bits per heavy atom. The van der Waals surface area contributed by atoms with Crippen LogP contribution in [-0.2, 0) is 10.0 Å². The first-order chi connectivity index (χ1) is 14.5. The van der Waals surface area contributed by atoms with E-state index >= 15 is 0 Å². The molecule has 3 aromatic carbocycles. The fraction of sp³-hybridized carbons (Fsp3) is 0. The molecule has 6 nitrogen and oxygen atoms in total. The highest BCUT2D eigenvalue weighted by Crippen LogP contribution is 2.27. The van der Waals surface area contributed by atoms with Gasteiger partial charge in [0.2, 0.25) is 11.8 Å². The molecular weight excluding hydrogens is 422 g/mol. The third-order valence-electron chi connectivity index (χ3n) is 4.09. The SMILES string of the molecule is O=S(=O)(Nc1nc(Oc2ccccc2)cc(-c2ccc(Cl)cc2)n1)c1ccccc1. The number of halogens is 1. The summed E-state index contributed by atoms with van der Waals surface area (Å²) in [6, 6.07) is 25.7. The average molecular weight is 438 g/mol. The van der Waals surface area contributed by atoms with Crippen molar-refractivity contribution in [2.24, 2.45) is 0 Å². The maximum atomic E-state index is 12.7. The maximum absolute atomic E-state index is 12.7. The predicted octanol–water partition coefficient (Wildman–Crippen LogP) is 5.39. The predicted molar refractivity (Wildman–Crippen MR) is 116 cm³/mol. The molecule has 0 fully saturated rings. The second-order valence-electron chi connectivity index (χ2n) is 6.26. The molecule has 8 heteroatoms. The van der Waals surface area contributed by atoms with Gasteiger partial charge < -0.3 is 4.74 Å². The lowest BCUT2D eigenvalue weighted by molar-refractivity contribution is 0.463. The molecule has 0 saturated heterocycles. The first-order valence-electron chi connectivity index (χ1n) is 8.95.